The SMILES string of the molecule is Cn1cc([N+](=O)[O-])c(=O)n(CC=CC(=O)O)c1=O. The molecule has 1 rings (SSSR count). The summed E-state index contributed by atoms with van der Waals surface area (Å²) in [5, 5.41) is 18.9. The lowest BCUT2D eigenvalue weighted by molar-refractivity contribution is -0.387. The number of hydrogen-bond acceptors (Lipinski definition) is 5. The van der Waals surface area contributed by atoms with Gasteiger partial charge in [0.1, 0.15) is 0 Å². The monoisotopic (exact) mass is 255 g/mol. The lowest BCUT2D eigenvalue weighted by Gasteiger charge is -2.03. The molecule has 0 fully saturated rings. The molecule has 0 bridgehead atoms. The molecule has 9 nitrogen and oxygen atoms in total. The van der Waals surface area contributed by atoms with Crippen LogP contribution in [0.3, 0.4) is 0 Å². The van der Waals surface area contributed by atoms with Crippen molar-refractivity contribution in [3.05, 3.63) is 49.3 Å². The standard InChI is InChI=1S/C9H9N3O6/c1-10-5-6(12(17)18)8(15)11(9(10)16)4-2-3-7(13)14/h2-3,5H,4H2,1H3,(H,13,14). The Hall–Kier alpha value is -2.71. The number of nitrogens with zero attached hydrogens (tertiary/aromatic N) is 3. The van der Waals surface area contributed by atoms with Crippen LogP contribution in [0.5, 0.6) is 0 Å². The summed E-state index contributed by atoms with van der Waals surface area (Å²) in [6, 6.07) is 0. The summed E-state index contributed by atoms with van der Waals surface area (Å²) in [5.74, 6) is -1.25. The first-order valence-corrected chi connectivity index (χ1v) is 4.69. The molecule has 1 aromatic heterocycles. The third-order valence-electron chi connectivity index (χ3n) is 2.06. The molecule has 0 aliphatic carbocycles. The van der Waals surface area contributed by atoms with Crippen LogP contribution in [0.2, 0.25) is 0 Å². The van der Waals surface area contributed by atoms with Crippen molar-refractivity contribution in [2.75, 3.05) is 0 Å². The Morgan fingerprint density at radius 3 is 2.67 bits per heavy atom. The average Bonchev–Trinajstić information content (AvgIpc) is 2.27. The predicted octanol–water partition coefficient (Wildman–Crippen LogP) is -0.904. The molecule has 0 aromatic carbocycles. The molecule has 0 radical (unpaired) electrons. The summed E-state index contributed by atoms with van der Waals surface area (Å²) in [6.07, 6.45) is 2.61. The molecule has 96 valence electrons. The quantitative estimate of drug-likeness (QED) is 0.422. The van der Waals surface area contributed by atoms with Gasteiger partial charge in [0.05, 0.1) is 11.1 Å². The molecule has 1 aromatic rings. The van der Waals surface area contributed by atoms with E-state index in [9.17, 15) is 24.5 Å². The Bertz CT molecular complexity index is 639. The maximum atomic E-state index is 11.6. The van der Waals surface area contributed by atoms with Crippen molar-refractivity contribution in [3.63, 3.8) is 0 Å². The molecule has 0 unspecified atom stereocenters. The molecule has 0 atom stereocenters. The molecule has 1 N–H and O–H groups in total. The van der Waals surface area contributed by atoms with Gasteiger partial charge in [0.2, 0.25) is 0 Å². The summed E-state index contributed by atoms with van der Waals surface area (Å²) in [7, 11) is 1.26. The van der Waals surface area contributed by atoms with Crippen LogP contribution in [0.4, 0.5) is 5.69 Å². The largest absolute Gasteiger partial charge is 0.478 e. The fourth-order valence-corrected chi connectivity index (χ4v) is 1.25. The van der Waals surface area contributed by atoms with Crippen molar-refractivity contribution in [1.29, 1.82) is 0 Å². The molecule has 0 aliphatic rings. The van der Waals surface area contributed by atoms with Crippen molar-refractivity contribution in [3.8, 4) is 0 Å². The van der Waals surface area contributed by atoms with E-state index in [0.29, 0.717) is 4.57 Å². The fraction of sp³-hybridized carbons (Fsp3) is 0.222. The second kappa shape index (κ2) is 5.08. The second-order valence-electron chi connectivity index (χ2n) is 3.32. The number of rotatable bonds is 4. The lowest BCUT2D eigenvalue weighted by atomic mass is 10.4. The zero-order chi connectivity index (χ0) is 13.9. The minimum Gasteiger partial charge on any atom is -0.478 e. The minimum absolute atomic E-state index is 0.348. The summed E-state index contributed by atoms with van der Waals surface area (Å²) >= 11 is 0. The number of carbonyl (C=O) groups is 1. The number of carboxylic acid groups (broad SMARTS) is 1. The van der Waals surface area contributed by atoms with Crippen LogP contribution in [0.15, 0.2) is 27.9 Å². The number of aliphatic carboxylic acids is 1. The Morgan fingerprint density at radius 1 is 1.56 bits per heavy atom. The van der Waals surface area contributed by atoms with Gasteiger partial charge in [-0.3, -0.25) is 24.0 Å². The van der Waals surface area contributed by atoms with E-state index < -0.39 is 27.8 Å². The molecule has 0 spiro atoms. The van der Waals surface area contributed by atoms with Crippen LogP contribution in [0, 0.1) is 10.1 Å². The van der Waals surface area contributed by atoms with Crippen LogP contribution < -0.4 is 11.2 Å². The van der Waals surface area contributed by atoms with E-state index in [2.05, 4.69) is 0 Å². The number of nitro groups is 1. The van der Waals surface area contributed by atoms with Crippen LogP contribution >= 0.6 is 0 Å². The lowest BCUT2D eigenvalue weighted by Crippen LogP contribution is -2.39. The first kappa shape index (κ1) is 13.4. The van der Waals surface area contributed by atoms with Crippen LogP contribution in [-0.4, -0.2) is 25.1 Å². The number of carboxylic acids is 1. The Kier molecular flexibility index (Phi) is 3.77. The van der Waals surface area contributed by atoms with Gasteiger partial charge >= 0.3 is 22.9 Å². The Morgan fingerprint density at radius 2 is 2.17 bits per heavy atom. The van der Waals surface area contributed by atoms with E-state index in [1.54, 1.807) is 0 Å². The summed E-state index contributed by atoms with van der Waals surface area (Å²) < 4.78 is 1.46. The van der Waals surface area contributed by atoms with E-state index in [0.717, 1.165) is 22.9 Å². The topological polar surface area (TPSA) is 124 Å². The fourth-order valence-electron chi connectivity index (χ4n) is 1.25. The average molecular weight is 255 g/mol. The van der Waals surface area contributed by atoms with Gasteiger partial charge in [-0.2, -0.15) is 0 Å². The van der Waals surface area contributed by atoms with Gasteiger partial charge in [-0.05, 0) is 0 Å². The van der Waals surface area contributed by atoms with Gasteiger partial charge in [-0.1, -0.05) is 6.08 Å². The molecule has 0 aliphatic heterocycles. The highest BCUT2D eigenvalue weighted by atomic mass is 16.6. The van der Waals surface area contributed by atoms with Crippen molar-refractivity contribution < 1.29 is 14.8 Å². The van der Waals surface area contributed by atoms with Crippen LogP contribution in [0.1, 0.15) is 0 Å². The molecular formula is C9H9N3O6. The molecule has 9 heteroatoms. The molecule has 18 heavy (non-hydrogen) atoms. The highest BCUT2D eigenvalue weighted by Gasteiger charge is 2.17. The van der Waals surface area contributed by atoms with Gasteiger partial charge in [0.25, 0.3) is 0 Å². The van der Waals surface area contributed by atoms with E-state index in [-0.39, 0.29) is 6.54 Å². The van der Waals surface area contributed by atoms with Gasteiger partial charge in [-0.15, -0.1) is 0 Å². The Labute approximate surface area is 99.4 Å². The highest BCUT2D eigenvalue weighted by molar-refractivity contribution is 5.79. The van der Waals surface area contributed by atoms with Crippen LogP contribution in [0.25, 0.3) is 0 Å². The van der Waals surface area contributed by atoms with E-state index >= 15 is 0 Å². The van der Waals surface area contributed by atoms with Crippen molar-refractivity contribution in [2.24, 2.45) is 7.05 Å². The molecule has 1 heterocycles. The van der Waals surface area contributed by atoms with Crippen molar-refractivity contribution in [1.82, 2.24) is 9.13 Å². The predicted molar refractivity (Wildman–Crippen MR) is 59.4 cm³/mol. The third-order valence-corrected chi connectivity index (χ3v) is 2.06. The van der Waals surface area contributed by atoms with Crippen molar-refractivity contribution >= 4 is 11.7 Å². The van der Waals surface area contributed by atoms with E-state index in [1.807, 2.05) is 0 Å². The van der Waals surface area contributed by atoms with Crippen LogP contribution in [-0.2, 0) is 18.4 Å². The molecule has 0 amide bonds. The zero-order valence-electron chi connectivity index (χ0n) is 9.27. The summed E-state index contributed by atoms with van der Waals surface area (Å²) in [5.41, 5.74) is -2.58. The number of hydrogen-bond donors (Lipinski definition) is 1. The van der Waals surface area contributed by atoms with Gasteiger partial charge < -0.3 is 5.11 Å². The van der Waals surface area contributed by atoms with E-state index in [1.165, 1.54) is 7.05 Å². The van der Waals surface area contributed by atoms with Gasteiger partial charge in [0, 0.05) is 19.7 Å². The summed E-state index contributed by atoms with van der Waals surface area (Å²) in [6.45, 7) is -0.348. The first-order valence-electron chi connectivity index (χ1n) is 4.69. The first-order chi connectivity index (χ1) is 8.34. The zero-order valence-corrected chi connectivity index (χ0v) is 9.27. The Balaban J connectivity index is 3.34. The van der Waals surface area contributed by atoms with Gasteiger partial charge in [0.15, 0.2) is 0 Å². The smallest absolute Gasteiger partial charge is 0.350 e. The number of allylic oxidation sites excluding steroid dienone is 1. The number of aryl methyl sites for hydroxylation is 1. The second-order valence-corrected chi connectivity index (χ2v) is 3.32. The number of aromatic nitrogens is 2. The van der Waals surface area contributed by atoms with Gasteiger partial charge in [-0.25, -0.2) is 9.59 Å². The summed E-state index contributed by atoms with van der Waals surface area (Å²) in [4.78, 5) is 43.1. The maximum absolute atomic E-state index is 11.6. The maximum Gasteiger partial charge on any atom is 0.350 e. The van der Waals surface area contributed by atoms with Crippen molar-refractivity contribution in [2.45, 2.75) is 6.54 Å². The molecular weight excluding hydrogens is 246 g/mol. The normalized spacial score (nSPS) is 10.7. The highest BCUT2D eigenvalue weighted by Crippen LogP contribution is 1.99. The molecule has 0 saturated carbocycles. The van der Waals surface area contributed by atoms with E-state index in [4.69, 9.17) is 5.11 Å². The minimum atomic E-state index is -1.25. The third kappa shape index (κ3) is 2.70. The molecule has 0 saturated heterocycles.